The van der Waals surface area contributed by atoms with E-state index < -0.39 is 18.4 Å². The fourth-order valence-electron chi connectivity index (χ4n) is 4.13. The number of amides is 1. The molecule has 5 aromatic rings. The highest BCUT2D eigenvalue weighted by Gasteiger charge is 2.15. The minimum absolute atomic E-state index is 0.407. The fourth-order valence-corrected chi connectivity index (χ4v) is 4.96. The van der Waals surface area contributed by atoms with E-state index in [-0.39, 0.29) is 0 Å². The first-order valence-electron chi connectivity index (χ1n) is 11.9. The van der Waals surface area contributed by atoms with Gasteiger partial charge in [-0.3, -0.25) is 9.59 Å². The number of hydrogen-bond acceptors (Lipinski definition) is 5. The zero-order valence-corrected chi connectivity index (χ0v) is 20.8. The number of carbonyl (C=O) groups excluding carboxylic acids is 1. The number of nitrogens with zero attached hydrogens (tertiary/aromatic N) is 2. The van der Waals surface area contributed by atoms with Crippen LogP contribution in [0.25, 0.3) is 22.0 Å². The highest BCUT2D eigenvalue weighted by atomic mass is 32.1. The van der Waals surface area contributed by atoms with E-state index in [2.05, 4.69) is 58.1 Å². The second kappa shape index (κ2) is 11.1. The number of carbonyl (C=O) groups is 2. The average Bonchev–Trinajstić information content (AvgIpc) is 3.42. The molecule has 37 heavy (non-hydrogen) atoms. The van der Waals surface area contributed by atoms with Crippen molar-refractivity contribution in [1.29, 1.82) is 0 Å². The minimum atomic E-state index is -1.08. The van der Waals surface area contributed by atoms with E-state index in [9.17, 15) is 9.59 Å². The third kappa shape index (κ3) is 6.02. The molecule has 5 rings (SSSR count). The van der Waals surface area contributed by atoms with Gasteiger partial charge < -0.3 is 15.3 Å². The van der Waals surface area contributed by atoms with E-state index >= 15 is 0 Å². The fraction of sp³-hybridized carbons (Fsp3) is 0.100. The number of aliphatic carboxylic acids is 1. The second-order valence-corrected chi connectivity index (χ2v) is 9.53. The average molecular weight is 508 g/mol. The van der Waals surface area contributed by atoms with Gasteiger partial charge in [0.05, 0.1) is 5.69 Å². The summed E-state index contributed by atoms with van der Waals surface area (Å²) >= 11 is 1.61. The molecule has 0 radical (unpaired) electrons. The SMILES string of the molecule is O=C(O)CNC(=O)c1ccc(CN(Cc2ccccc2)c2nc(-c3ccc4ccccc4c3)cs2)cc1. The van der Waals surface area contributed by atoms with Crippen LogP contribution >= 0.6 is 11.3 Å². The van der Waals surface area contributed by atoms with E-state index in [1.54, 1.807) is 23.5 Å². The molecule has 7 heteroatoms. The van der Waals surface area contributed by atoms with Gasteiger partial charge in [-0.1, -0.05) is 78.9 Å². The molecule has 0 fully saturated rings. The Bertz CT molecular complexity index is 1530. The number of rotatable bonds is 9. The molecule has 2 N–H and O–H groups in total. The van der Waals surface area contributed by atoms with Crippen molar-refractivity contribution >= 4 is 39.1 Å². The van der Waals surface area contributed by atoms with Gasteiger partial charge in [0.15, 0.2) is 5.13 Å². The molecule has 0 saturated carbocycles. The summed E-state index contributed by atoms with van der Waals surface area (Å²) in [5.41, 5.74) is 4.64. The van der Waals surface area contributed by atoms with Gasteiger partial charge in [0.25, 0.3) is 5.91 Å². The predicted octanol–water partition coefficient (Wildman–Crippen LogP) is 5.98. The Labute approximate surface area is 218 Å². The van der Waals surface area contributed by atoms with Crippen LogP contribution in [0.15, 0.2) is 102 Å². The number of aromatic nitrogens is 1. The lowest BCUT2D eigenvalue weighted by Gasteiger charge is -2.22. The maximum atomic E-state index is 12.2. The number of benzene rings is 4. The first-order valence-corrected chi connectivity index (χ1v) is 12.8. The molecule has 0 aliphatic rings. The van der Waals surface area contributed by atoms with Crippen LogP contribution in [-0.4, -0.2) is 28.5 Å². The molecule has 1 heterocycles. The van der Waals surface area contributed by atoms with Crippen molar-refractivity contribution in [3.63, 3.8) is 0 Å². The summed E-state index contributed by atoms with van der Waals surface area (Å²) < 4.78 is 0. The molecule has 4 aromatic carbocycles. The molecular weight excluding hydrogens is 482 g/mol. The van der Waals surface area contributed by atoms with Crippen LogP contribution in [-0.2, 0) is 17.9 Å². The van der Waals surface area contributed by atoms with Crippen LogP contribution in [0.5, 0.6) is 0 Å². The van der Waals surface area contributed by atoms with E-state index in [1.807, 2.05) is 42.5 Å². The lowest BCUT2D eigenvalue weighted by molar-refractivity contribution is -0.135. The number of nitrogens with one attached hydrogen (secondary N) is 1. The summed E-state index contributed by atoms with van der Waals surface area (Å²) in [4.78, 5) is 30.1. The largest absolute Gasteiger partial charge is 0.480 e. The Kier molecular flexibility index (Phi) is 7.23. The van der Waals surface area contributed by atoms with Gasteiger partial charge in [0, 0.05) is 29.6 Å². The third-order valence-electron chi connectivity index (χ3n) is 6.01. The van der Waals surface area contributed by atoms with Crippen molar-refractivity contribution in [3.8, 4) is 11.3 Å². The van der Waals surface area contributed by atoms with Gasteiger partial charge >= 0.3 is 5.97 Å². The molecule has 6 nitrogen and oxygen atoms in total. The molecule has 184 valence electrons. The zero-order chi connectivity index (χ0) is 25.6. The highest BCUT2D eigenvalue weighted by Crippen LogP contribution is 2.31. The Morgan fingerprint density at radius 2 is 1.49 bits per heavy atom. The van der Waals surface area contributed by atoms with Crippen LogP contribution in [0.3, 0.4) is 0 Å². The Morgan fingerprint density at radius 3 is 2.22 bits per heavy atom. The minimum Gasteiger partial charge on any atom is -0.480 e. The summed E-state index contributed by atoms with van der Waals surface area (Å²) in [7, 11) is 0. The monoisotopic (exact) mass is 507 g/mol. The lowest BCUT2D eigenvalue weighted by atomic mass is 10.1. The summed E-state index contributed by atoms with van der Waals surface area (Å²) in [6, 6.07) is 32.2. The van der Waals surface area contributed by atoms with Crippen molar-refractivity contribution in [3.05, 3.63) is 119 Å². The van der Waals surface area contributed by atoms with Gasteiger partial charge in [0.2, 0.25) is 0 Å². The first-order chi connectivity index (χ1) is 18.0. The molecule has 0 saturated heterocycles. The molecule has 0 aliphatic heterocycles. The maximum absolute atomic E-state index is 12.2. The van der Waals surface area contributed by atoms with Crippen molar-refractivity contribution < 1.29 is 14.7 Å². The molecule has 1 aromatic heterocycles. The second-order valence-electron chi connectivity index (χ2n) is 8.69. The number of anilines is 1. The molecule has 0 unspecified atom stereocenters. The molecule has 0 aliphatic carbocycles. The summed E-state index contributed by atoms with van der Waals surface area (Å²) in [5, 5.41) is 16.6. The summed E-state index contributed by atoms with van der Waals surface area (Å²) in [5.74, 6) is -1.48. The molecule has 0 atom stereocenters. The van der Waals surface area contributed by atoms with Crippen LogP contribution in [0.2, 0.25) is 0 Å². The Balaban J connectivity index is 1.38. The van der Waals surface area contributed by atoms with E-state index in [4.69, 9.17) is 10.1 Å². The lowest BCUT2D eigenvalue weighted by Crippen LogP contribution is -2.29. The van der Waals surface area contributed by atoms with Crippen molar-refractivity contribution in [1.82, 2.24) is 10.3 Å². The molecule has 0 bridgehead atoms. The van der Waals surface area contributed by atoms with Gasteiger partial charge in [-0.05, 0) is 40.1 Å². The van der Waals surface area contributed by atoms with Crippen LogP contribution in [0.4, 0.5) is 5.13 Å². The summed E-state index contributed by atoms with van der Waals surface area (Å²) in [6.07, 6.45) is 0. The predicted molar refractivity (Wildman–Crippen MR) is 148 cm³/mol. The van der Waals surface area contributed by atoms with Gasteiger partial charge in [0.1, 0.15) is 6.54 Å². The number of hydrogen-bond donors (Lipinski definition) is 2. The van der Waals surface area contributed by atoms with Crippen LogP contribution in [0.1, 0.15) is 21.5 Å². The zero-order valence-electron chi connectivity index (χ0n) is 20.0. The van der Waals surface area contributed by atoms with E-state index in [1.165, 1.54) is 16.3 Å². The topological polar surface area (TPSA) is 82.5 Å². The maximum Gasteiger partial charge on any atom is 0.322 e. The van der Waals surface area contributed by atoms with Crippen molar-refractivity contribution in [2.45, 2.75) is 13.1 Å². The number of carboxylic acid groups (broad SMARTS) is 1. The summed E-state index contributed by atoms with van der Waals surface area (Å²) in [6.45, 7) is 0.887. The third-order valence-corrected chi connectivity index (χ3v) is 6.92. The highest BCUT2D eigenvalue weighted by molar-refractivity contribution is 7.14. The van der Waals surface area contributed by atoms with E-state index in [0.29, 0.717) is 18.7 Å². The van der Waals surface area contributed by atoms with Crippen molar-refractivity contribution in [2.24, 2.45) is 0 Å². The molecular formula is C30H25N3O3S. The number of thiazole rings is 1. The smallest absolute Gasteiger partial charge is 0.322 e. The Morgan fingerprint density at radius 1 is 0.811 bits per heavy atom. The van der Waals surface area contributed by atoms with Gasteiger partial charge in [-0.2, -0.15) is 0 Å². The van der Waals surface area contributed by atoms with Gasteiger partial charge in [-0.25, -0.2) is 4.98 Å². The number of fused-ring (bicyclic) bond motifs is 1. The van der Waals surface area contributed by atoms with Crippen LogP contribution in [0, 0.1) is 0 Å². The van der Waals surface area contributed by atoms with Crippen LogP contribution < -0.4 is 10.2 Å². The van der Waals surface area contributed by atoms with Gasteiger partial charge in [-0.15, -0.1) is 11.3 Å². The molecule has 0 spiro atoms. The quantitative estimate of drug-likeness (QED) is 0.256. The van der Waals surface area contributed by atoms with E-state index in [0.717, 1.165) is 22.0 Å². The first kappa shape index (κ1) is 24.2. The normalized spacial score (nSPS) is 10.8. The number of carboxylic acids is 1. The Hall–Kier alpha value is -4.49. The standard InChI is InChI=1S/C30H25N3O3S/c34-28(35)17-31-29(36)24-12-10-22(11-13-24)19-33(18-21-6-2-1-3-7-21)30-32-27(20-37-30)26-15-14-23-8-4-5-9-25(23)16-26/h1-16,20H,17-19H2,(H,31,36)(H,34,35). The van der Waals surface area contributed by atoms with Crippen molar-refractivity contribution in [2.75, 3.05) is 11.4 Å². The molecule has 1 amide bonds.